The maximum absolute atomic E-state index is 12.6. The van der Waals surface area contributed by atoms with Crippen LogP contribution in [-0.4, -0.2) is 84.7 Å². The first-order chi connectivity index (χ1) is 13.7. The van der Waals surface area contributed by atoms with Crippen LogP contribution in [0.25, 0.3) is 0 Å². The van der Waals surface area contributed by atoms with E-state index in [-0.39, 0.29) is 18.1 Å². The number of urea groups is 1. The van der Waals surface area contributed by atoms with E-state index in [1.807, 2.05) is 13.8 Å². The number of benzene rings is 1. The molecule has 6 amide bonds. The van der Waals surface area contributed by atoms with Gasteiger partial charge in [0.05, 0.1) is 19.3 Å². The molecule has 10 heteroatoms. The zero-order chi connectivity index (χ0) is 21.7. The number of hydrogen-bond donors (Lipinski definition) is 0. The number of amides is 6. The first-order valence-electron chi connectivity index (χ1n) is 9.10. The Kier molecular flexibility index (Phi) is 6.92. The predicted octanol–water partition coefficient (Wildman–Crippen LogP) is 0.317. The maximum atomic E-state index is 12.6. The third kappa shape index (κ3) is 4.53. The number of likely N-dealkylation sites (N-methyl/N-ethyl adjacent to an activating group) is 2. The predicted molar refractivity (Wildman–Crippen MR) is 103 cm³/mol. The molecule has 0 aromatic heterocycles. The largest absolute Gasteiger partial charge is 0.497 e. The van der Waals surface area contributed by atoms with E-state index in [0.717, 1.165) is 4.90 Å². The molecule has 0 atom stereocenters. The molecule has 0 N–H and O–H groups in total. The Morgan fingerprint density at radius 2 is 1.55 bits per heavy atom. The van der Waals surface area contributed by atoms with Crippen molar-refractivity contribution >= 4 is 35.3 Å². The molecule has 1 heterocycles. The summed E-state index contributed by atoms with van der Waals surface area (Å²) in [6, 6.07) is 5.09. The molecule has 1 saturated heterocycles. The van der Waals surface area contributed by atoms with Gasteiger partial charge in [-0.25, -0.2) is 14.6 Å². The molecule has 0 saturated carbocycles. The molecule has 1 fully saturated rings. The van der Waals surface area contributed by atoms with E-state index < -0.39 is 30.3 Å². The Bertz CT molecular complexity index is 818. The van der Waals surface area contributed by atoms with Crippen LogP contribution in [0.1, 0.15) is 13.8 Å². The topological polar surface area (TPSA) is 108 Å². The number of anilines is 1. The fraction of sp³-hybridized carbons (Fsp3) is 0.421. The zero-order valence-electron chi connectivity index (χ0n) is 16.9. The summed E-state index contributed by atoms with van der Waals surface area (Å²) in [4.78, 5) is 65.6. The summed E-state index contributed by atoms with van der Waals surface area (Å²) in [5.41, 5.74) is 0.189. The van der Waals surface area contributed by atoms with E-state index in [1.165, 1.54) is 26.3 Å². The van der Waals surface area contributed by atoms with Crippen LogP contribution in [0.5, 0.6) is 5.75 Å². The minimum Gasteiger partial charge on any atom is -0.497 e. The Morgan fingerprint density at radius 1 is 0.966 bits per heavy atom. The van der Waals surface area contributed by atoms with Crippen LogP contribution in [0.15, 0.2) is 24.3 Å². The molecule has 0 bridgehead atoms. The Balaban J connectivity index is 2.09. The van der Waals surface area contributed by atoms with Gasteiger partial charge in [-0.15, -0.1) is 0 Å². The highest BCUT2D eigenvalue weighted by molar-refractivity contribution is 6.53. The summed E-state index contributed by atoms with van der Waals surface area (Å²) < 4.78 is 5.02. The number of carbonyl (C=O) groups excluding carboxylic acids is 5. The van der Waals surface area contributed by atoms with Crippen molar-refractivity contribution in [2.45, 2.75) is 13.8 Å². The van der Waals surface area contributed by atoms with Crippen LogP contribution in [0, 0.1) is 0 Å². The van der Waals surface area contributed by atoms with E-state index in [4.69, 9.17) is 4.74 Å². The third-order valence-electron chi connectivity index (χ3n) is 4.59. The lowest BCUT2D eigenvalue weighted by Gasteiger charge is -2.24. The van der Waals surface area contributed by atoms with Gasteiger partial charge in [-0.3, -0.25) is 19.2 Å². The van der Waals surface area contributed by atoms with Crippen LogP contribution in [0.4, 0.5) is 10.5 Å². The molecule has 0 spiro atoms. The van der Waals surface area contributed by atoms with Gasteiger partial charge in [-0.05, 0) is 38.1 Å². The maximum Gasteiger partial charge on any atom is 0.339 e. The smallest absolute Gasteiger partial charge is 0.339 e. The molecule has 0 aliphatic carbocycles. The first kappa shape index (κ1) is 21.9. The minimum absolute atomic E-state index is 0.188. The highest BCUT2D eigenvalue weighted by atomic mass is 16.5. The Hall–Kier alpha value is -3.43. The van der Waals surface area contributed by atoms with Gasteiger partial charge in [0.25, 0.3) is 0 Å². The molecule has 156 valence electrons. The van der Waals surface area contributed by atoms with Crippen LogP contribution < -0.4 is 9.64 Å². The highest BCUT2D eigenvalue weighted by Crippen LogP contribution is 2.24. The molecule has 10 nitrogen and oxygen atoms in total. The number of nitrogens with zero attached hydrogens (tertiary/aromatic N) is 4. The molecule has 29 heavy (non-hydrogen) atoms. The van der Waals surface area contributed by atoms with Gasteiger partial charge in [0.2, 0.25) is 11.8 Å². The average molecular weight is 404 g/mol. The summed E-state index contributed by atoms with van der Waals surface area (Å²) in [6.07, 6.45) is 0. The van der Waals surface area contributed by atoms with Crippen molar-refractivity contribution in [1.82, 2.24) is 14.7 Å². The second-order valence-corrected chi connectivity index (χ2v) is 6.33. The lowest BCUT2D eigenvalue weighted by molar-refractivity contribution is -0.143. The SMILES string of the molecule is CCN(CC)C(=O)CN(C)C(=O)CN1C(=O)C(=O)N(c2ccc(OC)cc2)C1=O. The molecule has 0 unspecified atom stereocenters. The second kappa shape index (κ2) is 9.18. The molecule has 2 rings (SSSR count). The van der Waals surface area contributed by atoms with E-state index >= 15 is 0 Å². The fourth-order valence-corrected chi connectivity index (χ4v) is 2.83. The molecule has 1 aliphatic rings. The number of methoxy groups -OCH3 is 1. The monoisotopic (exact) mass is 404 g/mol. The van der Waals surface area contributed by atoms with Gasteiger partial charge in [0.1, 0.15) is 12.3 Å². The quantitative estimate of drug-likeness (QED) is 0.456. The fourth-order valence-electron chi connectivity index (χ4n) is 2.83. The van der Waals surface area contributed by atoms with E-state index in [0.29, 0.717) is 28.6 Å². The van der Waals surface area contributed by atoms with Gasteiger partial charge < -0.3 is 14.5 Å². The second-order valence-electron chi connectivity index (χ2n) is 6.33. The molecule has 0 radical (unpaired) electrons. The van der Waals surface area contributed by atoms with Crippen LogP contribution in [0.3, 0.4) is 0 Å². The molecule has 1 aliphatic heterocycles. The zero-order valence-corrected chi connectivity index (χ0v) is 16.9. The van der Waals surface area contributed by atoms with Gasteiger partial charge in [0, 0.05) is 20.1 Å². The molecule has 1 aromatic rings. The number of ether oxygens (including phenoxy) is 1. The number of hydrogen-bond acceptors (Lipinski definition) is 6. The number of carbonyl (C=O) groups is 5. The normalized spacial score (nSPS) is 13.7. The van der Waals surface area contributed by atoms with Crippen molar-refractivity contribution in [1.29, 1.82) is 0 Å². The highest BCUT2D eigenvalue weighted by Gasteiger charge is 2.46. The Labute approximate surface area is 168 Å². The van der Waals surface area contributed by atoms with E-state index in [1.54, 1.807) is 17.0 Å². The third-order valence-corrected chi connectivity index (χ3v) is 4.59. The van der Waals surface area contributed by atoms with E-state index in [2.05, 4.69) is 0 Å². The van der Waals surface area contributed by atoms with Crippen molar-refractivity contribution in [2.24, 2.45) is 0 Å². The summed E-state index contributed by atoms with van der Waals surface area (Å²) >= 11 is 0. The van der Waals surface area contributed by atoms with Crippen molar-refractivity contribution in [3.8, 4) is 5.75 Å². The lowest BCUT2D eigenvalue weighted by atomic mass is 10.3. The standard InChI is InChI=1S/C19H24N4O6/c1-5-21(6-2)16(25)11-20(3)15(24)12-22-17(26)18(27)23(19(22)28)13-7-9-14(29-4)10-8-13/h7-10H,5-6,11-12H2,1-4H3. The van der Waals surface area contributed by atoms with Crippen LogP contribution in [-0.2, 0) is 19.2 Å². The van der Waals surface area contributed by atoms with Crippen molar-refractivity contribution in [2.75, 3.05) is 45.2 Å². The van der Waals surface area contributed by atoms with Crippen LogP contribution in [0.2, 0.25) is 0 Å². The Morgan fingerprint density at radius 3 is 2.07 bits per heavy atom. The van der Waals surface area contributed by atoms with Crippen LogP contribution >= 0.6 is 0 Å². The van der Waals surface area contributed by atoms with Gasteiger partial charge >= 0.3 is 17.8 Å². The molecular weight excluding hydrogens is 380 g/mol. The summed E-state index contributed by atoms with van der Waals surface area (Å²) in [7, 11) is 2.87. The van der Waals surface area contributed by atoms with Crippen molar-refractivity contribution < 1.29 is 28.7 Å². The van der Waals surface area contributed by atoms with Crippen molar-refractivity contribution in [3.63, 3.8) is 0 Å². The summed E-state index contributed by atoms with van der Waals surface area (Å²) in [6.45, 7) is 3.84. The van der Waals surface area contributed by atoms with Gasteiger partial charge in [-0.1, -0.05) is 0 Å². The van der Waals surface area contributed by atoms with Crippen molar-refractivity contribution in [3.05, 3.63) is 24.3 Å². The molecule has 1 aromatic carbocycles. The van der Waals surface area contributed by atoms with Gasteiger partial charge in [0.15, 0.2) is 0 Å². The van der Waals surface area contributed by atoms with E-state index in [9.17, 15) is 24.0 Å². The minimum atomic E-state index is -1.09. The summed E-state index contributed by atoms with van der Waals surface area (Å²) in [5, 5.41) is 0. The summed E-state index contributed by atoms with van der Waals surface area (Å²) in [5.74, 6) is -2.50. The number of rotatable bonds is 8. The number of imide groups is 2. The molecular formula is C19H24N4O6. The lowest BCUT2D eigenvalue weighted by Crippen LogP contribution is -2.46. The average Bonchev–Trinajstić information content (AvgIpc) is 2.92. The first-order valence-corrected chi connectivity index (χ1v) is 9.10. The van der Waals surface area contributed by atoms with Gasteiger partial charge in [-0.2, -0.15) is 0 Å².